The van der Waals surface area contributed by atoms with Crippen LogP contribution in [0.25, 0.3) is 0 Å². The van der Waals surface area contributed by atoms with Crippen molar-refractivity contribution in [2.45, 2.75) is 44.4 Å². The van der Waals surface area contributed by atoms with Gasteiger partial charge in [0, 0.05) is 19.4 Å². The van der Waals surface area contributed by atoms with Crippen molar-refractivity contribution in [3.05, 3.63) is 0 Å². The molecule has 1 saturated heterocycles. The van der Waals surface area contributed by atoms with Crippen LogP contribution in [-0.4, -0.2) is 19.0 Å². The third kappa shape index (κ3) is 2.57. The molecule has 0 bridgehead atoms. The molecule has 1 nitrogen and oxygen atoms in total. The van der Waals surface area contributed by atoms with E-state index in [0.29, 0.717) is 12.8 Å². The minimum Gasteiger partial charge on any atom is -0.316 e. The van der Waals surface area contributed by atoms with Crippen molar-refractivity contribution in [1.29, 1.82) is 0 Å². The summed E-state index contributed by atoms with van der Waals surface area (Å²) in [6, 6.07) is 0. The van der Waals surface area contributed by atoms with Gasteiger partial charge in [0.05, 0.1) is 0 Å². The van der Waals surface area contributed by atoms with Gasteiger partial charge in [-0.25, -0.2) is 8.78 Å². The van der Waals surface area contributed by atoms with Crippen molar-refractivity contribution in [2.24, 2.45) is 5.41 Å². The molecule has 1 N–H and O–H groups in total. The Balaban J connectivity index is 0.000000980. The summed E-state index contributed by atoms with van der Waals surface area (Å²) in [5.74, 6) is -2.37. The predicted molar refractivity (Wildman–Crippen MR) is 55.2 cm³/mol. The van der Waals surface area contributed by atoms with Crippen LogP contribution in [0.1, 0.15) is 38.5 Å². The Morgan fingerprint density at radius 3 is 2.07 bits per heavy atom. The number of nitrogens with one attached hydrogen (secondary N) is 1. The molecule has 1 aliphatic heterocycles. The largest absolute Gasteiger partial charge is 0.316 e. The maximum Gasteiger partial charge on any atom is 0.248 e. The molecule has 1 spiro atoms. The first-order valence-electron chi connectivity index (χ1n) is 5.21. The Labute approximate surface area is 90.0 Å². The third-order valence-corrected chi connectivity index (χ3v) is 3.60. The standard InChI is InChI=1S/C10H17F2N.ClH/c11-10(12)5-3-9(4-6-10)2-1-7-13-8-9;/h13H,1-8H2;1H. The van der Waals surface area contributed by atoms with E-state index in [1.165, 1.54) is 0 Å². The zero-order valence-corrected chi connectivity index (χ0v) is 9.14. The van der Waals surface area contributed by atoms with E-state index in [2.05, 4.69) is 5.32 Å². The lowest BCUT2D eigenvalue weighted by Crippen LogP contribution is -2.44. The van der Waals surface area contributed by atoms with Gasteiger partial charge in [-0.05, 0) is 37.6 Å². The summed E-state index contributed by atoms with van der Waals surface area (Å²) in [7, 11) is 0. The van der Waals surface area contributed by atoms with Gasteiger partial charge >= 0.3 is 0 Å². The molecular weight excluding hydrogens is 208 g/mol. The Kier molecular flexibility index (Phi) is 3.75. The molecule has 14 heavy (non-hydrogen) atoms. The monoisotopic (exact) mass is 225 g/mol. The van der Waals surface area contributed by atoms with Gasteiger partial charge in [0.1, 0.15) is 0 Å². The lowest BCUT2D eigenvalue weighted by Gasteiger charge is -2.43. The van der Waals surface area contributed by atoms with Gasteiger partial charge in [0.2, 0.25) is 5.92 Å². The zero-order valence-electron chi connectivity index (χ0n) is 8.32. The van der Waals surface area contributed by atoms with Crippen molar-refractivity contribution in [1.82, 2.24) is 5.32 Å². The topological polar surface area (TPSA) is 12.0 Å². The Hall–Kier alpha value is 0.110. The maximum atomic E-state index is 12.9. The highest BCUT2D eigenvalue weighted by atomic mass is 35.5. The molecule has 0 aromatic rings. The van der Waals surface area contributed by atoms with Crippen molar-refractivity contribution in [3.8, 4) is 0 Å². The van der Waals surface area contributed by atoms with Crippen LogP contribution in [0.4, 0.5) is 8.78 Å². The van der Waals surface area contributed by atoms with E-state index in [9.17, 15) is 8.78 Å². The van der Waals surface area contributed by atoms with E-state index in [1.807, 2.05) is 0 Å². The van der Waals surface area contributed by atoms with Crippen molar-refractivity contribution >= 4 is 12.4 Å². The van der Waals surface area contributed by atoms with Crippen LogP contribution in [0.15, 0.2) is 0 Å². The molecule has 4 heteroatoms. The first-order valence-corrected chi connectivity index (χ1v) is 5.21. The number of hydrogen-bond acceptors (Lipinski definition) is 1. The molecule has 0 aromatic carbocycles. The lowest BCUT2D eigenvalue weighted by atomic mass is 9.69. The number of alkyl halides is 2. The Morgan fingerprint density at radius 1 is 0.929 bits per heavy atom. The van der Waals surface area contributed by atoms with Crippen LogP contribution in [0.5, 0.6) is 0 Å². The molecule has 1 heterocycles. The molecule has 0 radical (unpaired) electrons. The average molecular weight is 226 g/mol. The highest BCUT2D eigenvalue weighted by molar-refractivity contribution is 5.85. The fourth-order valence-corrected chi connectivity index (χ4v) is 2.60. The van der Waals surface area contributed by atoms with E-state index < -0.39 is 5.92 Å². The molecule has 84 valence electrons. The summed E-state index contributed by atoms with van der Waals surface area (Å²) in [5, 5.41) is 3.33. The first-order chi connectivity index (χ1) is 6.12. The second kappa shape index (κ2) is 4.31. The highest BCUT2D eigenvalue weighted by Crippen LogP contribution is 2.46. The summed E-state index contributed by atoms with van der Waals surface area (Å²) >= 11 is 0. The van der Waals surface area contributed by atoms with Gasteiger partial charge in [0.15, 0.2) is 0 Å². The molecule has 0 unspecified atom stereocenters. The van der Waals surface area contributed by atoms with E-state index >= 15 is 0 Å². The van der Waals surface area contributed by atoms with Crippen LogP contribution < -0.4 is 5.32 Å². The van der Waals surface area contributed by atoms with Gasteiger partial charge in [-0.1, -0.05) is 0 Å². The third-order valence-electron chi connectivity index (χ3n) is 3.60. The van der Waals surface area contributed by atoms with Crippen LogP contribution in [-0.2, 0) is 0 Å². The molecule has 2 fully saturated rings. The van der Waals surface area contributed by atoms with Gasteiger partial charge < -0.3 is 5.32 Å². The van der Waals surface area contributed by atoms with Crippen LogP contribution in [0.3, 0.4) is 0 Å². The quantitative estimate of drug-likeness (QED) is 0.669. The number of hydrogen-bond donors (Lipinski definition) is 1. The molecule has 2 rings (SSSR count). The van der Waals surface area contributed by atoms with E-state index in [0.717, 1.165) is 25.9 Å². The summed E-state index contributed by atoms with van der Waals surface area (Å²) in [4.78, 5) is 0. The summed E-state index contributed by atoms with van der Waals surface area (Å²) in [6.07, 6.45) is 3.95. The second-order valence-corrected chi connectivity index (χ2v) is 4.64. The van der Waals surface area contributed by atoms with E-state index in [4.69, 9.17) is 0 Å². The lowest BCUT2D eigenvalue weighted by molar-refractivity contribution is -0.0714. The highest BCUT2D eigenvalue weighted by Gasteiger charge is 2.43. The summed E-state index contributed by atoms with van der Waals surface area (Å²) in [5.41, 5.74) is 0.222. The molecule has 0 amide bonds. The second-order valence-electron chi connectivity index (χ2n) is 4.64. The maximum absolute atomic E-state index is 12.9. The average Bonchev–Trinajstić information content (AvgIpc) is 2.13. The fraction of sp³-hybridized carbons (Fsp3) is 1.00. The van der Waals surface area contributed by atoms with Crippen molar-refractivity contribution < 1.29 is 8.78 Å². The molecule has 0 aromatic heterocycles. The minimum atomic E-state index is -2.37. The summed E-state index contributed by atoms with van der Waals surface area (Å²) < 4.78 is 25.8. The fourth-order valence-electron chi connectivity index (χ4n) is 2.60. The summed E-state index contributed by atoms with van der Waals surface area (Å²) in [6.45, 7) is 2.03. The SMILES string of the molecule is Cl.FC1(F)CCC2(CCCNC2)CC1. The van der Waals surface area contributed by atoms with Crippen molar-refractivity contribution in [2.75, 3.05) is 13.1 Å². The Morgan fingerprint density at radius 2 is 1.57 bits per heavy atom. The number of rotatable bonds is 0. The first kappa shape index (κ1) is 12.2. The smallest absolute Gasteiger partial charge is 0.248 e. The van der Waals surface area contributed by atoms with Gasteiger partial charge in [0.25, 0.3) is 0 Å². The van der Waals surface area contributed by atoms with Crippen LogP contribution in [0, 0.1) is 5.41 Å². The van der Waals surface area contributed by atoms with Crippen molar-refractivity contribution in [3.63, 3.8) is 0 Å². The predicted octanol–water partition coefficient (Wildman–Crippen LogP) is 2.99. The van der Waals surface area contributed by atoms with E-state index in [1.54, 1.807) is 0 Å². The van der Waals surface area contributed by atoms with E-state index in [-0.39, 0.29) is 30.7 Å². The normalized spacial score (nSPS) is 29.6. The van der Waals surface area contributed by atoms with Crippen LogP contribution in [0.2, 0.25) is 0 Å². The molecular formula is C10H18ClF2N. The molecule has 1 saturated carbocycles. The minimum absolute atomic E-state index is 0. The van der Waals surface area contributed by atoms with Gasteiger partial charge in [-0.15, -0.1) is 12.4 Å². The molecule has 0 atom stereocenters. The van der Waals surface area contributed by atoms with Crippen LogP contribution >= 0.6 is 12.4 Å². The van der Waals surface area contributed by atoms with Gasteiger partial charge in [-0.2, -0.15) is 0 Å². The molecule has 1 aliphatic carbocycles. The zero-order chi connectivity index (χ0) is 9.36. The number of piperidine rings is 1. The van der Waals surface area contributed by atoms with Gasteiger partial charge in [-0.3, -0.25) is 0 Å². The number of halogens is 3. The molecule has 2 aliphatic rings. The Bertz CT molecular complexity index is 179.